The minimum Gasteiger partial charge on any atom is -0.360 e. The maximum absolute atomic E-state index is 12.5. The molecule has 3 heteroatoms. The topological polar surface area (TPSA) is 23.6 Å². The zero-order chi connectivity index (χ0) is 15.4. The Morgan fingerprint density at radius 1 is 1.24 bits per heavy atom. The van der Waals surface area contributed by atoms with E-state index in [9.17, 15) is 4.79 Å². The van der Waals surface area contributed by atoms with Gasteiger partial charge in [0.25, 0.3) is 0 Å². The Balaban J connectivity index is 2.02. The van der Waals surface area contributed by atoms with Crippen molar-refractivity contribution in [1.82, 2.24) is 4.90 Å². The number of benzene rings is 1. The number of hydrogen-bond acceptors (Lipinski definition) is 2. The van der Waals surface area contributed by atoms with Gasteiger partial charge in [0.2, 0.25) is 5.91 Å². The number of likely N-dealkylation sites (tertiary alicyclic amines) is 1. The quantitative estimate of drug-likeness (QED) is 0.847. The molecule has 1 fully saturated rings. The summed E-state index contributed by atoms with van der Waals surface area (Å²) in [6, 6.07) is 8.76. The van der Waals surface area contributed by atoms with Gasteiger partial charge in [0.15, 0.2) is 0 Å². The summed E-state index contributed by atoms with van der Waals surface area (Å²) < 4.78 is 0. The summed E-state index contributed by atoms with van der Waals surface area (Å²) in [6.45, 7) is 11.0. The third-order valence-corrected chi connectivity index (χ3v) is 4.43. The van der Waals surface area contributed by atoms with Crippen LogP contribution in [-0.4, -0.2) is 36.5 Å². The van der Waals surface area contributed by atoms with Gasteiger partial charge in [-0.2, -0.15) is 0 Å². The highest BCUT2D eigenvalue weighted by Crippen LogP contribution is 2.20. The number of carbonyl (C=O) groups excluding carboxylic acids is 1. The summed E-state index contributed by atoms with van der Waals surface area (Å²) >= 11 is 0. The molecule has 0 spiro atoms. The molecule has 21 heavy (non-hydrogen) atoms. The van der Waals surface area contributed by atoms with E-state index in [1.807, 2.05) is 4.90 Å². The van der Waals surface area contributed by atoms with Crippen LogP contribution in [0.4, 0.5) is 5.69 Å². The zero-order valence-electron chi connectivity index (χ0n) is 13.8. The van der Waals surface area contributed by atoms with Crippen molar-refractivity contribution in [1.29, 1.82) is 0 Å². The molecule has 1 aliphatic heterocycles. The highest BCUT2D eigenvalue weighted by atomic mass is 16.2. The fraction of sp³-hybridized carbons (Fsp3) is 0.611. The summed E-state index contributed by atoms with van der Waals surface area (Å²) in [5.74, 6) is 1.02. The van der Waals surface area contributed by atoms with Crippen LogP contribution in [0.5, 0.6) is 0 Å². The Hall–Kier alpha value is -1.51. The van der Waals surface area contributed by atoms with E-state index in [1.54, 1.807) is 0 Å². The van der Waals surface area contributed by atoms with Gasteiger partial charge in [0, 0.05) is 24.8 Å². The molecule has 1 aromatic rings. The monoisotopic (exact) mass is 288 g/mol. The molecule has 0 saturated carbocycles. The van der Waals surface area contributed by atoms with Crippen molar-refractivity contribution in [2.24, 2.45) is 5.92 Å². The molecular formula is C18H28N2O. The van der Waals surface area contributed by atoms with Crippen molar-refractivity contribution in [2.45, 2.75) is 46.6 Å². The van der Waals surface area contributed by atoms with Gasteiger partial charge in [-0.3, -0.25) is 4.79 Å². The standard InChI is InChI=1S/C18H28N2O/c1-14(2)20(17-7-5-15(3)6-8-17)13-18(21)19-11-9-16(4)10-12-19/h5-8,14,16H,9-13H2,1-4H3. The lowest BCUT2D eigenvalue weighted by atomic mass is 9.99. The lowest BCUT2D eigenvalue weighted by Crippen LogP contribution is -2.45. The SMILES string of the molecule is Cc1ccc(N(CC(=O)N2CCC(C)CC2)C(C)C)cc1. The molecule has 0 aliphatic carbocycles. The molecule has 2 rings (SSSR count). The highest BCUT2D eigenvalue weighted by Gasteiger charge is 2.23. The van der Waals surface area contributed by atoms with Crippen LogP contribution in [0, 0.1) is 12.8 Å². The third kappa shape index (κ3) is 4.23. The number of hydrogen-bond donors (Lipinski definition) is 0. The van der Waals surface area contributed by atoms with Crippen LogP contribution >= 0.6 is 0 Å². The van der Waals surface area contributed by atoms with Crippen LogP contribution in [0.3, 0.4) is 0 Å². The maximum Gasteiger partial charge on any atom is 0.242 e. The smallest absolute Gasteiger partial charge is 0.242 e. The first-order valence-electron chi connectivity index (χ1n) is 8.08. The van der Waals surface area contributed by atoms with E-state index in [2.05, 4.69) is 56.9 Å². The van der Waals surface area contributed by atoms with Crippen molar-refractivity contribution in [3.05, 3.63) is 29.8 Å². The Kier molecular flexibility index (Phi) is 5.27. The summed E-state index contributed by atoms with van der Waals surface area (Å²) in [4.78, 5) is 16.8. The third-order valence-electron chi connectivity index (χ3n) is 4.43. The second-order valence-electron chi connectivity index (χ2n) is 6.62. The second-order valence-corrected chi connectivity index (χ2v) is 6.62. The fourth-order valence-corrected chi connectivity index (χ4v) is 2.81. The van der Waals surface area contributed by atoms with Gasteiger partial charge in [0.05, 0.1) is 6.54 Å². The second kappa shape index (κ2) is 6.97. The van der Waals surface area contributed by atoms with E-state index in [4.69, 9.17) is 0 Å². The van der Waals surface area contributed by atoms with Crippen molar-refractivity contribution in [2.75, 3.05) is 24.5 Å². The van der Waals surface area contributed by atoms with Crippen LogP contribution in [0.15, 0.2) is 24.3 Å². The highest BCUT2D eigenvalue weighted by molar-refractivity contribution is 5.81. The van der Waals surface area contributed by atoms with Gasteiger partial charge in [-0.15, -0.1) is 0 Å². The zero-order valence-corrected chi connectivity index (χ0v) is 13.8. The van der Waals surface area contributed by atoms with Crippen molar-refractivity contribution < 1.29 is 4.79 Å². The van der Waals surface area contributed by atoms with Gasteiger partial charge in [0.1, 0.15) is 0 Å². The molecule has 0 unspecified atom stereocenters. The summed E-state index contributed by atoms with van der Waals surface area (Å²) in [5, 5.41) is 0. The summed E-state index contributed by atoms with van der Waals surface area (Å²) in [7, 11) is 0. The predicted octanol–water partition coefficient (Wildman–Crippen LogP) is 3.47. The van der Waals surface area contributed by atoms with Crippen molar-refractivity contribution in [3.63, 3.8) is 0 Å². The Morgan fingerprint density at radius 3 is 2.33 bits per heavy atom. The molecule has 1 aromatic carbocycles. The number of piperidine rings is 1. The van der Waals surface area contributed by atoms with E-state index < -0.39 is 0 Å². The first-order chi connectivity index (χ1) is 9.97. The van der Waals surface area contributed by atoms with Gasteiger partial charge in [-0.25, -0.2) is 0 Å². The lowest BCUT2D eigenvalue weighted by Gasteiger charge is -2.34. The van der Waals surface area contributed by atoms with Gasteiger partial charge in [-0.1, -0.05) is 24.6 Å². The molecule has 3 nitrogen and oxygen atoms in total. The largest absolute Gasteiger partial charge is 0.360 e. The number of rotatable bonds is 4. The molecule has 1 heterocycles. The number of carbonyl (C=O) groups is 1. The Labute approximate surface area is 128 Å². The predicted molar refractivity (Wildman–Crippen MR) is 88.6 cm³/mol. The minimum absolute atomic E-state index is 0.260. The molecule has 116 valence electrons. The molecule has 0 atom stereocenters. The first kappa shape index (κ1) is 15.9. The van der Waals surface area contributed by atoms with E-state index in [0.29, 0.717) is 12.6 Å². The average Bonchev–Trinajstić information content (AvgIpc) is 2.46. The van der Waals surface area contributed by atoms with E-state index in [1.165, 1.54) is 5.56 Å². The Bertz CT molecular complexity index is 459. The average molecular weight is 288 g/mol. The van der Waals surface area contributed by atoms with Crippen molar-refractivity contribution in [3.8, 4) is 0 Å². The molecule has 0 aromatic heterocycles. The van der Waals surface area contributed by atoms with Gasteiger partial charge >= 0.3 is 0 Å². The summed E-state index contributed by atoms with van der Waals surface area (Å²) in [5.41, 5.74) is 2.38. The molecule has 1 aliphatic rings. The van der Waals surface area contributed by atoms with Gasteiger partial charge in [-0.05, 0) is 51.7 Å². The van der Waals surface area contributed by atoms with Crippen LogP contribution in [0.25, 0.3) is 0 Å². The van der Waals surface area contributed by atoms with Crippen LogP contribution in [0.1, 0.15) is 39.2 Å². The molecule has 0 radical (unpaired) electrons. The van der Waals surface area contributed by atoms with Crippen LogP contribution in [0.2, 0.25) is 0 Å². The lowest BCUT2D eigenvalue weighted by molar-refractivity contribution is -0.131. The fourth-order valence-electron chi connectivity index (χ4n) is 2.81. The number of nitrogens with zero attached hydrogens (tertiary/aromatic N) is 2. The molecule has 1 saturated heterocycles. The van der Waals surface area contributed by atoms with Gasteiger partial charge < -0.3 is 9.80 Å². The molecule has 0 N–H and O–H groups in total. The van der Waals surface area contributed by atoms with E-state index >= 15 is 0 Å². The number of aryl methyl sites for hydroxylation is 1. The van der Waals surface area contributed by atoms with Crippen LogP contribution in [-0.2, 0) is 4.79 Å². The molecular weight excluding hydrogens is 260 g/mol. The molecule has 1 amide bonds. The first-order valence-corrected chi connectivity index (χ1v) is 8.08. The number of anilines is 1. The Morgan fingerprint density at radius 2 is 1.81 bits per heavy atom. The minimum atomic E-state index is 0.260. The van der Waals surface area contributed by atoms with Crippen molar-refractivity contribution >= 4 is 11.6 Å². The molecule has 0 bridgehead atoms. The number of amides is 1. The normalized spacial score (nSPS) is 16.3. The maximum atomic E-state index is 12.5. The van der Waals surface area contributed by atoms with E-state index in [-0.39, 0.29) is 5.91 Å². The summed E-state index contributed by atoms with van der Waals surface area (Å²) in [6.07, 6.45) is 2.27. The van der Waals surface area contributed by atoms with E-state index in [0.717, 1.165) is 37.5 Å². The van der Waals surface area contributed by atoms with Crippen LogP contribution < -0.4 is 4.90 Å².